The van der Waals surface area contributed by atoms with Crippen molar-refractivity contribution in [1.82, 2.24) is 0 Å². The van der Waals surface area contributed by atoms with Gasteiger partial charge in [-0.2, -0.15) is 0 Å². The second kappa shape index (κ2) is 5.85. The van der Waals surface area contributed by atoms with Crippen LogP contribution in [0.25, 0.3) is 11.1 Å². The van der Waals surface area contributed by atoms with Crippen molar-refractivity contribution >= 4 is 17.6 Å². The molecule has 0 aliphatic heterocycles. The first-order chi connectivity index (χ1) is 9.08. The Labute approximate surface area is 115 Å². The highest BCUT2D eigenvalue weighted by molar-refractivity contribution is 6.33. The Balaban J connectivity index is 2.37. The van der Waals surface area contributed by atoms with Gasteiger partial charge in [0, 0.05) is 22.6 Å². The van der Waals surface area contributed by atoms with Crippen LogP contribution in [-0.2, 0) is 11.2 Å². The normalized spacial score (nSPS) is 10.4. The van der Waals surface area contributed by atoms with Crippen LogP contribution in [0.5, 0.6) is 0 Å². The van der Waals surface area contributed by atoms with Gasteiger partial charge in [0.05, 0.1) is 0 Å². The number of halogens is 2. The van der Waals surface area contributed by atoms with E-state index in [9.17, 15) is 9.18 Å². The summed E-state index contributed by atoms with van der Waals surface area (Å²) in [6.45, 7) is 0. The van der Waals surface area contributed by atoms with Gasteiger partial charge < -0.3 is 5.11 Å². The third-order valence-corrected chi connectivity index (χ3v) is 3.15. The van der Waals surface area contributed by atoms with E-state index in [1.165, 1.54) is 6.07 Å². The zero-order valence-electron chi connectivity index (χ0n) is 10.1. The maximum atomic E-state index is 13.7. The molecule has 0 amide bonds. The first kappa shape index (κ1) is 13.6. The molecule has 0 atom stereocenters. The summed E-state index contributed by atoms with van der Waals surface area (Å²) in [5.74, 6) is -1.21. The Morgan fingerprint density at radius 2 is 1.89 bits per heavy atom. The fourth-order valence-corrected chi connectivity index (χ4v) is 2.08. The Bertz CT molecular complexity index is 611. The van der Waals surface area contributed by atoms with E-state index in [1.807, 2.05) is 0 Å². The number of hydrogen-bond donors (Lipinski definition) is 1. The maximum absolute atomic E-state index is 13.7. The standard InChI is InChI=1S/C15H12ClFO2/c16-13-7-5-10(6-8-15(18)19)9-12(13)11-3-1-2-4-14(11)17/h1-5,7,9H,6,8H2,(H,18,19). The number of carboxylic acid groups (broad SMARTS) is 1. The van der Waals surface area contributed by atoms with Crippen molar-refractivity contribution in [3.63, 3.8) is 0 Å². The van der Waals surface area contributed by atoms with E-state index in [0.717, 1.165) is 5.56 Å². The van der Waals surface area contributed by atoms with Gasteiger partial charge in [-0.25, -0.2) is 4.39 Å². The number of carbonyl (C=O) groups is 1. The number of carboxylic acids is 1. The minimum absolute atomic E-state index is 0.0400. The van der Waals surface area contributed by atoms with Gasteiger partial charge in [-0.3, -0.25) is 4.79 Å². The van der Waals surface area contributed by atoms with E-state index in [4.69, 9.17) is 16.7 Å². The average Bonchev–Trinajstić information content (AvgIpc) is 2.38. The molecule has 0 saturated carbocycles. The van der Waals surface area contributed by atoms with Gasteiger partial charge >= 0.3 is 5.97 Å². The molecule has 4 heteroatoms. The molecule has 2 nitrogen and oxygen atoms in total. The lowest BCUT2D eigenvalue weighted by atomic mass is 10.0. The molecule has 98 valence electrons. The van der Waals surface area contributed by atoms with Crippen molar-refractivity contribution in [2.75, 3.05) is 0 Å². The zero-order valence-corrected chi connectivity index (χ0v) is 10.8. The molecule has 0 aliphatic carbocycles. The monoisotopic (exact) mass is 278 g/mol. The lowest BCUT2D eigenvalue weighted by molar-refractivity contribution is -0.136. The van der Waals surface area contributed by atoms with E-state index in [1.54, 1.807) is 36.4 Å². The molecule has 2 aromatic carbocycles. The van der Waals surface area contributed by atoms with Crippen molar-refractivity contribution in [2.24, 2.45) is 0 Å². The maximum Gasteiger partial charge on any atom is 0.303 e. The second-order valence-corrected chi connectivity index (χ2v) is 4.59. The summed E-state index contributed by atoms with van der Waals surface area (Å²) in [6.07, 6.45) is 0.437. The molecule has 1 N–H and O–H groups in total. The molecule has 0 heterocycles. The largest absolute Gasteiger partial charge is 0.481 e. The smallest absolute Gasteiger partial charge is 0.303 e. The van der Waals surface area contributed by atoms with Gasteiger partial charge in [-0.1, -0.05) is 35.9 Å². The molecule has 2 aromatic rings. The van der Waals surface area contributed by atoms with E-state index < -0.39 is 5.97 Å². The van der Waals surface area contributed by atoms with Gasteiger partial charge in [0.1, 0.15) is 5.82 Å². The average molecular weight is 279 g/mol. The Kier molecular flexibility index (Phi) is 4.17. The Hall–Kier alpha value is -1.87. The minimum atomic E-state index is -0.859. The van der Waals surface area contributed by atoms with Gasteiger partial charge in [0.15, 0.2) is 0 Å². The van der Waals surface area contributed by atoms with Gasteiger partial charge in [-0.15, -0.1) is 0 Å². The van der Waals surface area contributed by atoms with E-state index in [0.29, 0.717) is 22.6 Å². The third-order valence-electron chi connectivity index (χ3n) is 2.82. The predicted molar refractivity (Wildman–Crippen MR) is 72.8 cm³/mol. The highest BCUT2D eigenvalue weighted by Crippen LogP contribution is 2.31. The molecule has 2 rings (SSSR count). The molecule has 0 fully saturated rings. The lowest BCUT2D eigenvalue weighted by Gasteiger charge is -2.08. The number of rotatable bonds is 4. The molecule has 19 heavy (non-hydrogen) atoms. The highest BCUT2D eigenvalue weighted by Gasteiger charge is 2.09. The van der Waals surface area contributed by atoms with Crippen molar-refractivity contribution in [1.29, 1.82) is 0 Å². The Morgan fingerprint density at radius 3 is 2.58 bits per heavy atom. The van der Waals surface area contributed by atoms with Crippen LogP contribution in [-0.4, -0.2) is 11.1 Å². The summed E-state index contributed by atoms with van der Waals surface area (Å²) in [7, 11) is 0. The summed E-state index contributed by atoms with van der Waals surface area (Å²) in [5.41, 5.74) is 1.83. The summed E-state index contributed by atoms with van der Waals surface area (Å²) in [5, 5.41) is 9.12. The molecule has 0 aromatic heterocycles. The van der Waals surface area contributed by atoms with Crippen LogP contribution in [0.15, 0.2) is 42.5 Å². The van der Waals surface area contributed by atoms with E-state index in [2.05, 4.69) is 0 Å². The van der Waals surface area contributed by atoms with Gasteiger partial charge in [-0.05, 0) is 30.2 Å². The summed E-state index contributed by atoms with van der Waals surface area (Å²) in [4.78, 5) is 10.6. The SMILES string of the molecule is O=C(O)CCc1ccc(Cl)c(-c2ccccc2F)c1. The van der Waals surface area contributed by atoms with Crippen molar-refractivity contribution in [2.45, 2.75) is 12.8 Å². The van der Waals surface area contributed by atoms with Crippen LogP contribution >= 0.6 is 11.6 Å². The van der Waals surface area contributed by atoms with E-state index >= 15 is 0 Å². The molecule has 0 radical (unpaired) electrons. The van der Waals surface area contributed by atoms with Crippen LogP contribution in [0.4, 0.5) is 4.39 Å². The molecular weight excluding hydrogens is 267 g/mol. The fraction of sp³-hybridized carbons (Fsp3) is 0.133. The summed E-state index contributed by atoms with van der Waals surface area (Å²) < 4.78 is 13.7. The molecule has 0 bridgehead atoms. The van der Waals surface area contributed by atoms with Crippen LogP contribution in [0.2, 0.25) is 5.02 Å². The molecule has 0 saturated heterocycles. The number of hydrogen-bond acceptors (Lipinski definition) is 1. The highest BCUT2D eigenvalue weighted by atomic mass is 35.5. The topological polar surface area (TPSA) is 37.3 Å². The number of aryl methyl sites for hydroxylation is 1. The first-order valence-corrected chi connectivity index (χ1v) is 6.21. The van der Waals surface area contributed by atoms with Gasteiger partial charge in [0.25, 0.3) is 0 Å². The van der Waals surface area contributed by atoms with E-state index in [-0.39, 0.29) is 12.2 Å². The summed E-state index contributed by atoms with van der Waals surface area (Å²) in [6, 6.07) is 11.5. The zero-order chi connectivity index (χ0) is 13.8. The second-order valence-electron chi connectivity index (χ2n) is 4.19. The van der Waals surface area contributed by atoms with Gasteiger partial charge in [0.2, 0.25) is 0 Å². The molecule has 0 aliphatic rings. The van der Waals surface area contributed by atoms with Crippen molar-refractivity contribution < 1.29 is 14.3 Å². The quantitative estimate of drug-likeness (QED) is 0.912. The van der Waals surface area contributed by atoms with Crippen LogP contribution < -0.4 is 0 Å². The van der Waals surface area contributed by atoms with Crippen LogP contribution in [0.1, 0.15) is 12.0 Å². The number of benzene rings is 2. The first-order valence-electron chi connectivity index (χ1n) is 5.83. The van der Waals surface area contributed by atoms with Crippen LogP contribution in [0, 0.1) is 5.82 Å². The molecule has 0 unspecified atom stereocenters. The predicted octanol–water partition coefficient (Wildman–Crippen LogP) is 4.16. The molecular formula is C15H12ClFO2. The summed E-state index contributed by atoms with van der Waals surface area (Å²) >= 11 is 6.08. The minimum Gasteiger partial charge on any atom is -0.481 e. The lowest BCUT2D eigenvalue weighted by Crippen LogP contribution is -1.97. The third kappa shape index (κ3) is 3.32. The Morgan fingerprint density at radius 1 is 1.16 bits per heavy atom. The number of aliphatic carboxylic acids is 1. The van der Waals surface area contributed by atoms with Crippen molar-refractivity contribution in [3.05, 3.63) is 58.9 Å². The van der Waals surface area contributed by atoms with Crippen LogP contribution in [0.3, 0.4) is 0 Å². The van der Waals surface area contributed by atoms with Crippen molar-refractivity contribution in [3.8, 4) is 11.1 Å². The fourth-order valence-electron chi connectivity index (χ4n) is 1.87. The molecule has 0 spiro atoms.